The molecule has 3 nitrogen and oxygen atoms in total. The van der Waals surface area contributed by atoms with Gasteiger partial charge in [0, 0.05) is 6.04 Å². The molecule has 1 aromatic rings. The van der Waals surface area contributed by atoms with E-state index in [-0.39, 0.29) is 5.82 Å². The van der Waals surface area contributed by atoms with Crippen molar-refractivity contribution in [3.05, 3.63) is 23.5 Å². The van der Waals surface area contributed by atoms with Crippen molar-refractivity contribution < 1.29 is 13.9 Å². The quantitative estimate of drug-likeness (QED) is 0.744. The van der Waals surface area contributed by atoms with E-state index in [1.165, 1.54) is 6.07 Å². The van der Waals surface area contributed by atoms with Gasteiger partial charge in [-0.2, -0.15) is 0 Å². The second-order valence-electron chi connectivity index (χ2n) is 3.27. The van der Waals surface area contributed by atoms with Crippen LogP contribution in [0.15, 0.2) is 12.1 Å². The molecule has 0 amide bonds. The van der Waals surface area contributed by atoms with Crippen LogP contribution in [0.25, 0.3) is 0 Å². The minimum Gasteiger partial charge on any atom is -0.486 e. The Hall–Kier alpha value is -1.29. The van der Waals surface area contributed by atoms with Gasteiger partial charge in [-0.15, -0.1) is 0 Å². The molecular formula is C10H12FNO2. The molecule has 0 fully saturated rings. The van der Waals surface area contributed by atoms with Gasteiger partial charge in [-0.05, 0) is 19.1 Å². The number of fused-ring (bicyclic) bond motifs is 1. The number of benzene rings is 1. The van der Waals surface area contributed by atoms with Crippen LogP contribution in [-0.4, -0.2) is 13.2 Å². The number of rotatable bonds is 1. The predicted octanol–water partition coefficient (Wildman–Crippen LogP) is 1.62. The van der Waals surface area contributed by atoms with Crippen LogP contribution in [0.4, 0.5) is 4.39 Å². The first-order valence-corrected chi connectivity index (χ1v) is 4.53. The van der Waals surface area contributed by atoms with Crippen LogP contribution in [0, 0.1) is 5.82 Å². The van der Waals surface area contributed by atoms with E-state index in [0.29, 0.717) is 30.3 Å². The molecule has 0 radical (unpaired) electrons. The summed E-state index contributed by atoms with van der Waals surface area (Å²) >= 11 is 0. The SMILES string of the molecule is CC(N)c1c(F)ccc2c1OCCO2. The van der Waals surface area contributed by atoms with Crippen molar-refractivity contribution in [2.24, 2.45) is 5.73 Å². The van der Waals surface area contributed by atoms with Crippen LogP contribution >= 0.6 is 0 Å². The Morgan fingerprint density at radius 3 is 2.79 bits per heavy atom. The van der Waals surface area contributed by atoms with Gasteiger partial charge in [0.1, 0.15) is 19.0 Å². The summed E-state index contributed by atoms with van der Waals surface area (Å²) in [6.45, 7) is 2.66. The maximum Gasteiger partial charge on any atom is 0.169 e. The largest absolute Gasteiger partial charge is 0.486 e. The fourth-order valence-electron chi connectivity index (χ4n) is 1.54. The second-order valence-corrected chi connectivity index (χ2v) is 3.27. The molecule has 1 atom stereocenters. The number of hydrogen-bond acceptors (Lipinski definition) is 3. The lowest BCUT2D eigenvalue weighted by atomic mass is 10.1. The van der Waals surface area contributed by atoms with Gasteiger partial charge in [-0.1, -0.05) is 0 Å². The lowest BCUT2D eigenvalue weighted by Crippen LogP contribution is -2.19. The molecule has 1 aliphatic heterocycles. The van der Waals surface area contributed by atoms with Crippen LogP contribution in [0.3, 0.4) is 0 Å². The highest BCUT2D eigenvalue weighted by Crippen LogP contribution is 2.37. The number of ether oxygens (including phenoxy) is 2. The molecule has 0 aromatic heterocycles. The zero-order valence-corrected chi connectivity index (χ0v) is 7.92. The monoisotopic (exact) mass is 197 g/mol. The van der Waals surface area contributed by atoms with Crippen molar-refractivity contribution in [1.29, 1.82) is 0 Å². The first-order valence-electron chi connectivity index (χ1n) is 4.53. The summed E-state index contributed by atoms with van der Waals surface area (Å²) in [5, 5.41) is 0. The predicted molar refractivity (Wildman–Crippen MR) is 50.0 cm³/mol. The van der Waals surface area contributed by atoms with Gasteiger partial charge < -0.3 is 15.2 Å². The van der Waals surface area contributed by atoms with Crippen LogP contribution in [0.5, 0.6) is 11.5 Å². The van der Waals surface area contributed by atoms with Crippen LogP contribution in [0.2, 0.25) is 0 Å². The number of nitrogens with two attached hydrogens (primary N) is 1. The lowest BCUT2D eigenvalue weighted by Gasteiger charge is -2.22. The molecule has 1 aliphatic rings. The molecule has 0 saturated heterocycles. The summed E-state index contributed by atoms with van der Waals surface area (Å²) in [4.78, 5) is 0. The Kier molecular flexibility index (Phi) is 2.29. The standard InChI is InChI=1S/C10H12FNO2/c1-6(12)9-7(11)2-3-8-10(9)14-5-4-13-8/h2-3,6H,4-5,12H2,1H3. The lowest BCUT2D eigenvalue weighted by molar-refractivity contribution is 0.168. The van der Waals surface area contributed by atoms with Crippen LogP contribution < -0.4 is 15.2 Å². The fraction of sp³-hybridized carbons (Fsp3) is 0.400. The van der Waals surface area contributed by atoms with Gasteiger partial charge in [0.25, 0.3) is 0 Å². The van der Waals surface area contributed by atoms with Gasteiger partial charge in [0.15, 0.2) is 11.5 Å². The molecule has 1 unspecified atom stereocenters. The summed E-state index contributed by atoms with van der Waals surface area (Å²) in [5.41, 5.74) is 6.05. The first-order chi connectivity index (χ1) is 6.70. The molecule has 0 spiro atoms. The third-order valence-corrected chi connectivity index (χ3v) is 2.15. The van der Waals surface area contributed by atoms with Crippen molar-refractivity contribution >= 4 is 0 Å². The molecule has 4 heteroatoms. The smallest absolute Gasteiger partial charge is 0.169 e. The molecule has 1 heterocycles. The average Bonchev–Trinajstić information content (AvgIpc) is 2.17. The summed E-state index contributed by atoms with van der Waals surface area (Å²) in [7, 11) is 0. The topological polar surface area (TPSA) is 44.5 Å². The fourth-order valence-corrected chi connectivity index (χ4v) is 1.54. The van der Waals surface area contributed by atoms with Crippen molar-refractivity contribution in [2.75, 3.05) is 13.2 Å². The van der Waals surface area contributed by atoms with Crippen LogP contribution in [-0.2, 0) is 0 Å². The Balaban J connectivity index is 2.55. The highest BCUT2D eigenvalue weighted by molar-refractivity contribution is 5.49. The summed E-state index contributed by atoms with van der Waals surface area (Å²) in [5.74, 6) is 0.681. The minimum atomic E-state index is -0.397. The molecule has 0 saturated carbocycles. The Morgan fingerprint density at radius 2 is 2.07 bits per heavy atom. The van der Waals surface area contributed by atoms with Crippen molar-refractivity contribution in [3.8, 4) is 11.5 Å². The second kappa shape index (κ2) is 3.46. The van der Waals surface area contributed by atoms with Gasteiger partial charge in [-0.25, -0.2) is 4.39 Å². The van der Waals surface area contributed by atoms with Gasteiger partial charge in [0.2, 0.25) is 0 Å². The van der Waals surface area contributed by atoms with E-state index >= 15 is 0 Å². The Morgan fingerprint density at radius 1 is 1.36 bits per heavy atom. The molecular weight excluding hydrogens is 185 g/mol. The van der Waals surface area contributed by atoms with Gasteiger partial charge in [0.05, 0.1) is 5.56 Å². The highest BCUT2D eigenvalue weighted by Gasteiger charge is 2.21. The van der Waals surface area contributed by atoms with E-state index in [1.54, 1.807) is 13.0 Å². The van der Waals surface area contributed by atoms with Crippen molar-refractivity contribution in [3.63, 3.8) is 0 Å². The molecule has 2 rings (SSSR count). The molecule has 0 aliphatic carbocycles. The molecule has 1 aromatic carbocycles. The maximum atomic E-state index is 13.4. The zero-order chi connectivity index (χ0) is 10.1. The van der Waals surface area contributed by atoms with E-state index in [0.717, 1.165) is 0 Å². The Bertz CT molecular complexity index is 352. The van der Waals surface area contributed by atoms with Gasteiger partial charge in [-0.3, -0.25) is 0 Å². The van der Waals surface area contributed by atoms with Crippen LogP contribution in [0.1, 0.15) is 18.5 Å². The minimum absolute atomic E-state index is 0.343. The highest BCUT2D eigenvalue weighted by atomic mass is 19.1. The zero-order valence-electron chi connectivity index (χ0n) is 7.92. The van der Waals surface area contributed by atoms with Crippen molar-refractivity contribution in [2.45, 2.75) is 13.0 Å². The molecule has 14 heavy (non-hydrogen) atoms. The molecule has 0 bridgehead atoms. The third-order valence-electron chi connectivity index (χ3n) is 2.15. The normalized spacial score (nSPS) is 16.5. The summed E-state index contributed by atoms with van der Waals surface area (Å²) < 4.78 is 24.1. The van der Waals surface area contributed by atoms with E-state index in [2.05, 4.69) is 0 Å². The summed E-state index contributed by atoms with van der Waals surface area (Å²) in [6.07, 6.45) is 0. The first kappa shape index (κ1) is 9.27. The van der Waals surface area contributed by atoms with E-state index in [4.69, 9.17) is 15.2 Å². The maximum absolute atomic E-state index is 13.4. The van der Waals surface area contributed by atoms with Gasteiger partial charge >= 0.3 is 0 Å². The van der Waals surface area contributed by atoms with Crippen molar-refractivity contribution in [1.82, 2.24) is 0 Å². The molecule has 2 N–H and O–H groups in total. The Labute approximate surface area is 81.6 Å². The molecule has 76 valence electrons. The van der Waals surface area contributed by atoms with E-state index in [9.17, 15) is 4.39 Å². The number of halogens is 1. The third kappa shape index (κ3) is 1.42. The van der Waals surface area contributed by atoms with E-state index in [1.807, 2.05) is 0 Å². The van der Waals surface area contributed by atoms with E-state index < -0.39 is 6.04 Å². The number of hydrogen-bond donors (Lipinski definition) is 1. The average molecular weight is 197 g/mol. The summed E-state index contributed by atoms with van der Waals surface area (Å²) in [6, 6.07) is 2.52.